The highest BCUT2D eigenvalue weighted by Gasteiger charge is 2.33. The van der Waals surface area contributed by atoms with Crippen LogP contribution in [0.25, 0.3) is 0 Å². The van der Waals surface area contributed by atoms with Crippen molar-refractivity contribution in [2.75, 3.05) is 25.0 Å². The average molecular weight is 570 g/mol. The van der Waals surface area contributed by atoms with Crippen LogP contribution in [0.5, 0.6) is 0 Å². The zero-order valence-corrected chi connectivity index (χ0v) is 22.4. The first-order chi connectivity index (χ1) is 16.3. The molecule has 1 saturated heterocycles. The molecular weight excluding hydrogens is 540 g/mol. The number of rotatable bonds is 7. The molecule has 184 valence electrons. The van der Waals surface area contributed by atoms with Gasteiger partial charge in [-0.2, -0.15) is 0 Å². The number of carbonyl (C=O) groups is 2. The minimum atomic E-state index is -3.47. The number of nitrogens with zero attached hydrogens (tertiary/aromatic N) is 1. The number of thiophene rings is 1. The van der Waals surface area contributed by atoms with Gasteiger partial charge >= 0.3 is 5.97 Å². The van der Waals surface area contributed by atoms with E-state index in [0.717, 1.165) is 46.2 Å². The Labute approximate surface area is 213 Å². The summed E-state index contributed by atoms with van der Waals surface area (Å²) in [5, 5.41) is 3.55. The lowest BCUT2D eigenvalue weighted by atomic mass is 9.95. The monoisotopic (exact) mass is 568 g/mol. The molecule has 2 aromatic rings. The van der Waals surface area contributed by atoms with Crippen molar-refractivity contribution in [1.82, 2.24) is 4.31 Å². The van der Waals surface area contributed by atoms with Gasteiger partial charge in [0, 0.05) is 28.4 Å². The highest BCUT2D eigenvalue weighted by molar-refractivity contribution is 9.10. The molecule has 2 aliphatic rings. The van der Waals surface area contributed by atoms with Gasteiger partial charge in [0.05, 0.1) is 17.9 Å². The SMILES string of the molecule is CCOC(=O)c1c(NC(=O)C2CCN(S(=O)(=O)Cc3cccc(Br)c3)CC2)sc2c1CCCC2. The maximum Gasteiger partial charge on any atom is 0.341 e. The molecule has 1 aromatic carbocycles. The molecule has 0 atom stereocenters. The normalized spacial score (nSPS) is 17.2. The van der Waals surface area contributed by atoms with Crippen LogP contribution in [0.3, 0.4) is 0 Å². The van der Waals surface area contributed by atoms with Gasteiger partial charge in [-0.25, -0.2) is 17.5 Å². The Kier molecular flexibility index (Phi) is 8.12. The quantitative estimate of drug-likeness (QED) is 0.486. The molecule has 10 heteroatoms. The van der Waals surface area contributed by atoms with Gasteiger partial charge in [0.1, 0.15) is 5.00 Å². The first-order valence-corrected chi connectivity index (χ1v) is 14.8. The van der Waals surface area contributed by atoms with Gasteiger partial charge in [-0.15, -0.1) is 11.3 Å². The summed E-state index contributed by atoms with van der Waals surface area (Å²) in [7, 11) is -3.47. The van der Waals surface area contributed by atoms with Gasteiger partial charge < -0.3 is 10.1 Å². The second kappa shape index (κ2) is 10.9. The molecule has 1 aliphatic carbocycles. The molecule has 7 nitrogen and oxygen atoms in total. The fourth-order valence-corrected chi connectivity index (χ4v) is 7.89. The van der Waals surface area contributed by atoms with E-state index in [1.165, 1.54) is 15.6 Å². The molecule has 1 aliphatic heterocycles. The zero-order valence-electron chi connectivity index (χ0n) is 19.1. The summed E-state index contributed by atoms with van der Waals surface area (Å²) in [4.78, 5) is 26.9. The molecule has 4 rings (SSSR count). The number of sulfonamides is 1. The van der Waals surface area contributed by atoms with Crippen molar-refractivity contribution in [2.24, 2.45) is 5.92 Å². The fraction of sp³-hybridized carbons (Fsp3) is 0.500. The van der Waals surface area contributed by atoms with Gasteiger partial charge in [-0.05, 0) is 68.7 Å². The number of ether oxygens (including phenoxy) is 1. The van der Waals surface area contributed by atoms with E-state index < -0.39 is 10.0 Å². The Balaban J connectivity index is 1.40. The number of aryl methyl sites for hydroxylation is 1. The largest absolute Gasteiger partial charge is 0.462 e. The molecule has 0 spiro atoms. The molecule has 0 saturated carbocycles. The van der Waals surface area contributed by atoms with Crippen molar-refractivity contribution in [2.45, 2.75) is 51.2 Å². The summed E-state index contributed by atoms with van der Waals surface area (Å²) in [5.74, 6) is -0.905. The third-order valence-electron chi connectivity index (χ3n) is 6.34. The summed E-state index contributed by atoms with van der Waals surface area (Å²) in [6, 6.07) is 7.28. The Morgan fingerprint density at radius 1 is 1.21 bits per heavy atom. The van der Waals surface area contributed by atoms with Crippen molar-refractivity contribution in [3.8, 4) is 0 Å². The predicted molar refractivity (Wildman–Crippen MR) is 137 cm³/mol. The Hall–Kier alpha value is -1.75. The van der Waals surface area contributed by atoms with Gasteiger partial charge in [0.2, 0.25) is 15.9 Å². The fourth-order valence-electron chi connectivity index (χ4n) is 4.61. The number of amides is 1. The highest BCUT2D eigenvalue weighted by Crippen LogP contribution is 2.39. The van der Waals surface area contributed by atoms with E-state index in [2.05, 4.69) is 21.2 Å². The third-order valence-corrected chi connectivity index (χ3v) is 9.89. The van der Waals surface area contributed by atoms with Crippen molar-refractivity contribution in [1.29, 1.82) is 0 Å². The van der Waals surface area contributed by atoms with E-state index in [4.69, 9.17) is 4.74 Å². The topological polar surface area (TPSA) is 92.8 Å². The molecule has 1 aromatic heterocycles. The molecule has 34 heavy (non-hydrogen) atoms. The standard InChI is InChI=1S/C24H29BrN2O5S2/c1-2-32-24(29)21-19-8-3-4-9-20(19)33-23(21)26-22(28)17-10-12-27(13-11-17)34(30,31)15-16-6-5-7-18(25)14-16/h5-7,14,17H,2-4,8-13,15H2,1H3,(H,26,28). The van der Waals surface area contributed by atoms with Crippen LogP contribution in [0.4, 0.5) is 5.00 Å². The lowest BCUT2D eigenvalue weighted by Gasteiger charge is -2.30. The molecule has 2 heterocycles. The molecule has 1 N–H and O–H groups in total. The minimum Gasteiger partial charge on any atom is -0.462 e. The van der Waals surface area contributed by atoms with Crippen LogP contribution in [0.15, 0.2) is 28.7 Å². The van der Waals surface area contributed by atoms with Crippen molar-refractivity contribution in [3.63, 3.8) is 0 Å². The number of esters is 1. The summed E-state index contributed by atoms with van der Waals surface area (Å²) < 4.78 is 33.4. The number of anilines is 1. The van der Waals surface area contributed by atoms with Crippen molar-refractivity contribution < 1.29 is 22.7 Å². The Morgan fingerprint density at radius 2 is 1.94 bits per heavy atom. The molecule has 1 amide bonds. The number of benzene rings is 1. The lowest BCUT2D eigenvalue weighted by Crippen LogP contribution is -2.41. The smallest absolute Gasteiger partial charge is 0.341 e. The van der Waals surface area contributed by atoms with Crippen LogP contribution < -0.4 is 5.32 Å². The van der Waals surface area contributed by atoms with E-state index in [9.17, 15) is 18.0 Å². The lowest BCUT2D eigenvalue weighted by molar-refractivity contribution is -0.120. The summed E-state index contributed by atoms with van der Waals surface area (Å²) >= 11 is 4.85. The molecule has 0 radical (unpaired) electrons. The van der Waals surface area contributed by atoms with E-state index in [-0.39, 0.29) is 30.2 Å². The van der Waals surface area contributed by atoms with Gasteiger partial charge in [-0.1, -0.05) is 28.1 Å². The van der Waals surface area contributed by atoms with Crippen LogP contribution in [0.2, 0.25) is 0 Å². The second-order valence-electron chi connectivity index (χ2n) is 8.68. The van der Waals surface area contributed by atoms with Gasteiger partial charge in [-0.3, -0.25) is 4.79 Å². The second-order valence-corrected chi connectivity index (χ2v) is 12.7. The summed E-state index contributed by atoms with van der Waals surface area (Å²) in [6.45, 7) is 2.66. The Morgan fingerprint density at radius 3 is 2.65 bits per heavy atom. The highest BCUT2D eigenvalue weighted by atomic mass is 79.9. The summed E-state index contributed by atoms with van der Waals surface area (Å²) in [5.41, 5.74) is 2.24. The number of piperidine rings is 1. The number of fused-ring (bicyclic) bond motifs is 1. The molecule has 0 bridgehead atoms. The number of carbonyl (C=O) groups excluding carboxylic acids is 2. The molecule has 0 unspecified atom stereocenters. The van der Waals surface area contributed by atoms with E-state index in [1.54, 1.807) is 19.1 Å². The number of nitrogens with one attached hydrogen (secondary N) is 1. The van der Waals surface area contributed by atoms with Crippen LogP contribution >= 0.6 is 27.3 Å². The maximum absolute atomic E-state index is 13.1. The predicted octanol–water partition coefficient (Wildman–Crippen LogP) is 4.75. The van der Waals surface area contributed by atoms with E-state index >= 15 is 0 Å². The molecule has 1 fully saturated rings. The van der Waals surface area contributed by atoms with Crippen LogP contribution in [0.1, 0.15) is 59.0 Å². The third kappa shape index (κ3) is 5.72. The van der Waals surface area contributed by atoms with E-state index in [1.807, 2.05) is 12.1 Å². The van der Waals surface area contributed by atoms with Gasteiger partial charge in [0.15, 0.2) is 0 Å². The minimum absolute atomic E-state index is 0.0625. The number of halogens is 1. The average Bonchev–Trinajstić information content (AvgIpc) is 3.17. The zero-order chi connectivity index (χ0) is 24.3. The van der Waals surface area contributed by atoms with Gasteiger partial charge in [0.25, 0.3) is 0 Å². The molecular formula is C24H29BrN2O5S2. The number of hydrogen-bond acceptors (Lipinski definition) is 6. The van der Waals surface area contributed by atoms with Crippen LogP contribution in [-0.4, -0.2) is 44.3 Å². The maximum atomic E-state index is 13.1. The number of hydrogen-bond donors (Lipinski definition) is 1. The van der Waals surface area contributed by atoms with E-state index in [0.29, 0.717) is 36.5 Å². The summed E-state index contributed by atoms with van der Waals surface area (Å²) in [6.07, 6.45) is 4.74. The van der Waals surface area contributed by atoms with Crippen molar-refractivity contribution in [3.05, 3.63) is 50.3 Å². The first-order valence-electron chi connectivity index (χ1n) is 11.6. The Bertz CT molecular complexity index is 1170. The first kappa shape index (κ1) is 25.3. The van der Waals surface area contributed by atoms with Crippen LogP contribution in [-0.2, 0) is 38.1 Å². The van der Waals surface area contributed by atoms with Crippen molar-refractivity contribution >= 4 is 54.2 Å². The van der Waals surface area contributed by atoms with Crippen LogP contribution in [0, 0.1) is 5.92 Å².